The fourth-order valence-corrected chi connectivity index (χ4v) is 1.80. The van der Waals surface area contributed by atoms with Crippen molar-refractivity contribution in [2.45, 2.75) is 6.92 Å². The lowest BCUT2D eigenvalue weighted by Gasteiger charge is -2.07. The number of anilines is 1. The van der Waals surface area contributed by atoms with E-state index in [4.69, 9.17) is 17.3 Å². The van der Waals surface area contributed by atoms with E-state index in [1.54, 1.807) is 13.1 Å². The molecule has 1 aromatic carbocycles. The van der Waals surface area contributed by atoms with Gasteiger partial charge in [-0.25, -0.2) is 4.39 Å². The molecule has 0 radical (unpaired) electrons. The summed E-state index contributed by atoms with van der Waals surface area (Å²) in [4.78, 5) is 0. The predicted molar refractivity (Wildman–Crippen MR) is 62.8 cm³/mol. The minimum Gasteiger partial charge on any atom is -0.383 e. The first-order valence-corrected chi connectivity index (χ1v) is 5.12. The Morgan fingerprint density at radius 1 is 1.44 bits per heavy atom. The summed E-state index contributed by atoms with van der Waals surface area (Å²) in [6.07, 6.45) is 1.51. The Bertz CT molecular complexity index is 548. The van der Waals surface area contributed by atoms with Crippen molar-refractivity contribution in [1.82, 2.24) is 9.78 Å². The highest BCUT2D eigenvalue weighted by atomic mass is 35.5. The van der Waals surface area contributed by atoms with Crippen LogP contribution >= 0.6 is 11.6 Å². The molecule has 5 heteroatoms. The van der Waals surface area contributed by atoms with Gasteiger partial charge < -0.3 is 5.73 Å². The van der Waals surface area contributed by atoms with Crippen LogP contribution in [-0.2, 0) is 7.05 Å². The summed E-state index contributed by atoms with van der Waals surface area (Å²) in [5.74, 6) is 0.00157. The Morgan fingerprint density at radius 2 is 2.12 bits per heavy atom. The highest BCUT2D eigenvalue weighted by Crippen LogP contribution is 2.35. The van der Waals surface area contributed by atoms with E-state index in [2.05, 4.69) is 5.10 Å². The molecule has 0 aliphatic rings. The second-order valence-electron chi connectivity index (χ2n) is 3.62. The SMILES string of the molecule is Cc1ccc(F)c(-c2cnn(C)c2N)c1Cl. The molecule has 2 aromatic rings. The Morgan fingerprint density at radius 3 is 2.69 bits per heavy atom. The summed E-state index contributed by atoms with van der Waals surface area (Å²) in [6, 6.07) is 3.01. The van der Waals surface area contributed by atoms with Crippen LogP contribution in [0.25, 0.3) is 11.1 Å². The summed E-state index contributed by atoms with van der Waals surface area (Å²) in [5, 5.41) is 4.35. The van der Waals surface area contributed by atoms with Crippen molar-refractivity contribution in [2.24, 2.45) is 7.05 Å². The average Bonchev–Trinajstić information content (AvgIpc) is 2.56. The van der Waals surface area contributed by atoms with Crippen LogP contribution in [0, 0.1) is 12.7 Å². The van der Waals surface area contributed by atoms with E-state index >= 15 is 0 Å². The van der Waals surface area contributed by atoms with E-state index in [1.807, 2.05) is 6.92 Å². The molecule has 1 aromatic heterocycles. The molecule has 0 saturated heterocycles. The molecule has 0 fully saturated rings. The number of hydrogen-bond donors (Lipinski definition) is 1. The number of rotatable bonds is 1. The van der Waals surface area contributed by atoms with Crippen LogP contribution in [0.2, 0.25) is 5.02 Å². The van der Waals surface area contributed by atoms with Gasteiger partial charge in [0.05, 0.1) is 11.2 Å². The fraction of sp³-hybridized carbons (Fsp3) is 0.182. The molecule has 0 saturated carbocycles. The number of aromatic nitrogens is 2. The lowest BCUT2D eigenvalue weighted by Crippen LogP contribution is -1.99. The molecule has 0 bridgehead atoms. The minimum absolute atomic E-state index is 0.312. The van der Waals surface area contributed by atoms with Crippen molar-refractivity contribution in [3.8, 4) is 11.1 Å². The van der Waals surface area contributed by atoms with Gasteiger partial charge in [-0.3, -0.25) is 4.68 Å². The molecule has 2 N–H and O–H groups in total. The summed E-state index contributed by atoms with van der Waals surface area (Å²) in [5.41, 5.74) is 7.44. The lowest BCUT2D eigenvalue weighted by atomic mass is 10.1. The highest BCUT2D eigenvalue weighted by Gasteiger charge is 2.16. The Balaban J connectivity index is 2.73. The van der Waals surface area contributed by atoms with Crippen molar-refractivity contribution in [2.75, 3.05) is 5.73 Å². The first-order valence-electron chi connectivity index (χ1n) is 4.75. The predicted octanol–water partition coefficient (Wildman–Crippen LogP) is 2.77. The summed E-state index contributed by atoms with van der Waals surface area (Å²) < 4.78 is 15.2. The molecule has 3 nitrogen and oxygen atoms in total. The zero-order valence-electron chi connectivity index (χ0n) is 8.96. The van der Waals surface area contributed by atoms with Gasteiger partial charge in [0.1, 0.15) is 11.6 Å². The number of hydrogen-bond acceptors (Lipinski definition) is 2. The van der Waals surface area contributed by atoms with Gasteiger partial charge >= 0.3 is 0 Å². The van der Waals surface area contributed by atoms with Crippen molar-refractivity contribution < 1.29 is 4.39 Å². The van der Waals surface area contributed by atoms with Crippen molar-refractivity contribution in [3.05, 3.63) is 34.7 Å². The van der Waals surface area contributed by atoms with Crippen LogP contribution in [0.3, 0.4) is 0 Å². The quantitative estimate of drug-likeness (QED) is 0.832. The zero-order chi connectivity index (χ0) is 11.9. The van der Waals surface area contributed by atoms with E-state index in [9.17, 15) is 4.39 Å². The van der Waals surface area contributed by atoms with Gasteiger partial charge in [0.25, 0.3) is 0 Å². The van der Waals surface area contributed by atoms with Gasteiger partial charge in [-0.05, 0) is 18.6 Å². The zero-order valence-corrected chi connectivity index (χ0v) is 9.72. The second-order valence-corrected chi connectivity index (χ2v) is 4.00. The van der Waals surface area contributed by atoms with Crippen LogP contribution in [-0.4, -0.2) is 9.78 Å². The molecule has 1 heterocycles. The molecule has 0 aliphatic carbocycles. The van der Waals surface area contributed by atoms with Crippen LogP contribution in [0.4, 0.5) is 10.2 Å². The number of nitrogen functional groups attached to an aromatic ring is 1. The lowest BCUT2D eigenvalue weighted by molar-refractivity contribution is 0.631. The van der Waals surface area contributed by atoms with E-state index in [1.165, 1.54) is 16.9 Å². The number of nitrogens with zero attached hydrogens (tertiary/aromatic N) is 2. The molecule has 0 aliphatic heterocycles. The van der Waals surface area contributed by atoms with Crippen molar-refractivity contribution in [1.29, 1.82) is 0 Å². The van der Waals surface area contributed by atoms with E-state index in [0.717, 1.165) is 5.56 Å². The third-order valence-corrected chi connectivity index (χ3v) is 3.03. The third kappa shape index (κ3) is 1.55. The Kier molecular flexibility index (Phi) is 2.59. The minimum atomic E-state index is -0.393. The topological polar surface area (TPSA) is 43.8 Å². The first kappa shape index (κ1) is 11.0. The molecule has 2 rings (SSSR count). The first-order chi connectivity index (χ1) is 7.52. The molecule has 0 unspecified atom stereocenters. The highest BCUT2D eigenvalue weighted by molar-refractivity contribution is 6.34. The number of aryl methyl sites for hydroxylation is 2. The maximum absolute atomic E-state index is 13.7. The van der Waals surface area contributed by atoms with Gasteiger partial charge in [0.15, 0.2) is 0 Å². The molecule has 0 atom stereocenters. The van der Waals surface area contributed by atoms with Crippen LogP contribution in [0.5, 0.6) is 0 Å². The monoisotopic (exact) mass is 239 g/mol. The van der Waals surface area contributed by atoms with Crippen molar-refractivity contribution in [3.63, 3.8) is 0 Å². The van der Waals surface area contributed by atoms with Gasteiger partial charge in [-0.2, -0.15) is 5.10 Å². The van der Waals surface area contributed by atoms with Gasteiger partial charge in [0.2, 0.25) is 0 Å². The maximum Gasteiger partial charge on any atom is 0.132 e. The number of benzene rings is 1. The maximum atomic E-state index is 13.7. The van der Waals surface area contributed by atoms with Crippen molar-refractivity contribution >= 4 is 17.4 Å². The normalized spacial score (nSPS) is 10.8. The second kappa shape index (κ2) is 3.79. The number of halogens is 2. The standard InChI is InChI=1S/C11H11ClFN3/c1-6-3-4-8(13)9(10(6)12)7-5-15-16(2)11(7)14/h3-5H,14H2,1-2H3. The van der Waals surface area contributed by atoms with Gasteiger partial charge in [0, 0.05) is 18.2 Å². The molecule has 16 heavy (non-hydrogen) atoms. The summed E-state index contributed by atoms with van der Waals surface area (Å²) >= 11 is 6.08. The Labute approximate surface area is 97.6 Å². The van der Waals surface area contributed by atoms with E-state index in [0.29, 0.717) is 22.0 Å². The van der Waals surface area contributed by atoms with E-state index < -0.39 is 5.82 Å². The van der Waals surface area contributed by atoms with Crippen LogP contribution in [0.15, 0.2) is 18.3 Å². The molecule has 0 spiro atoms. The summed E-state index contributed by atoms with van der Waals surface area (Å²) in [6.45, 7) is 1.82. The van der Waals surface area contributed by atoms with Crippen LogP contribution in [0.1, 0.15) is 5.56 Å². The molecule has 0 amide bonds. The van der Waals surface area contributed by atoms with Gasteiger partial charge in [-0.1, -0.05) is 17.7 Å². The Hall–Kier alpha value is -1.55. The molecular weight excluding hydrogens is 229 g/mol. The van der Waals surface area contributed by atoms with Crippen LogP contribution < -0.4 is 5.73 Å². The number of nitrogens with two attached hydrogens (primary N) is 1. The van der Waals surface area contributed by atoms with Gasteiger partial charge in [-0.15, -0.1) is 0 Å². The fourth-order valence-electron chi connectivity index (χ4n) is 1.54. The third-order valence-electron chi connectivity index (χ3n) is 2.54. The molecule has 84 valence electrons. The summed E-state index contributed by atoms with van der Waals surface area (Å²) in [7, 11) is 1.69. The van der Waals surface area contributed by atoms with E-state index in [-0.39, 0.29) is 0 Å². The largest absolute Gasteiger partial charge is 0.383 e. The average molecular weight is 240 g/mol. The molecular formula is C11H11ClFN3. The smallest absolute Gasteiger partial charge is 0.132 e.